The zero-order chi connectivity index (χ0) is 11.0. The Kier molecular flexibility index (Phi) is 2.24. The first kappa shape index (κ1) is 9.79. The van der Waals surface area contributed by atoms with E-state index in [0.29, 0.717) is 0 Å². The van der Waals surface area contributed by atoms with Crippen molar-refractivity contribution < 1.29 is 19.4 Å². The lowest BCUT2D eigenvalue weighted by Gasteiger charge is -2.19. The maximum absolute atomic E-state index is 11.0. The molecule has 15 heavy (non-hydrogen) atoms. The van der Waals surface area contributed by atoms with Gasteiger partial charge >= 0.3 is 5.97 Å². The van der Waals surface area contributed by atoms with Crippen molar-refractivity contribution in [2.24, 2.45) is 0 Å². The molecule has 2 rings (SSSR count). The van der Waals surface area contributed by atoms with Gasteiger partial charge in [0.25, 0.3) is 5.91 Å². The normalized spacial score (nSPS) is 13.8. The number of carboxylic acid groups (broad SMARTS) is 1. The van der Waals surface area contributed by atoms with Crippen molar-refractivity contribution in [3.05, 3.63) is 22.7 Å². The summed E-state index contributed by atoms with van der Waals surface area (Å²) < 4.78 is 5.03. The minimum absolute atomic E-state index is 0.0579. The Balaban J connectivity index is 2.58. The zero-order valence-electron chi connectivity index (χ0n) is 7.41. The van der Waals surface area contributed by atoms with Crippen LogP contribution >= 0.6 is 11.6 Å². The van der Waals surface area contributed by atoms with E-state index >= 15 is 0 Å². The first-order valence-corrected chi connectivity index (χ1v) is 4.45. The third kappa shape index (κ3) is 1.73. The van der Waals surface area contributed by atoms with E-state index in [1.54, 1.807) is 0 Å². The van der Waals surface area contributed by atoms with Gasteiger partial charge in [-0.25, -0.2) is 4.79 Å². The van der Waals surface area contributed by atoms with E-state index in [1.807, 2.05) is 0 Å². The number of rotatable bonds is 1. The first-order valence-electron chi connectivity index (χ1n) is 4.07. The average Bonchev–Trinajstić information content (AvgIpc) is 2.15. The summed E-state index contributed by atoms with van der Waals surface area (Å²) >= 11 is 5.70. The van der Waals surface area contributed by atoms with Crippen LogP contribution in [0.3, 0.4) is 0 Å². The van der Waals surface area contributed by atoms with Gasteiger partial charge in [-0.1, -0.05) is 11.6 Å². The molecule has 0 unspecified atom stereocenters. The maximum Gasteiger partial charge on any atom is 0.339 e. The van der Waals surface area contributed by atoms with Crippen LogP contribution in [-0.2, 0) is 4.79 Å². The molecule has 0 spiro atoms. The molecule has 0 aromatic heterocycles. The highest BCUT2D eigenvalue weighted by molar-refractivity contribution is 6.31. The second-order valence-corrected chi connectivity index (χ2v) is 3.41. The van der Waals surface area contributed by atoms with E-state index in [-0.39, 0.29) is 34.5 Å². The summed E-state index contributed by atoms with van der Waals surface area (Å²) in [7, 11) is 0. The van der Waals surface area contributed by atoms with Crippen molar-refractivity contribution in [3.63, 3.8) is 0 Å². The van der Waals surface area contributed by atoms with Crippen LogP contribution in [0.25, 0.3) is 0 Å². The van der Waals surface area contributed by atoms with Gasteiger partial charge in [0.1, 0.15) is 5.56 Å². The van der Waals surface area contributed by atoms with Crippen LogP contribution in [0.4, 0.5) is 5.69 Å². The third-order valence-corrected chi connectivity index (χ3v) is 2.12. The fourth-order valence-electron chi connectivity index (χ4n) is 1.32. The summed E-state index contributed by atoms with van der Waals surface area (Å²) in [4.78, 5) is 21.8. The van der Waals surface area contributed by atoms with E-state index in [2.05, 4.69) is 5.32 Å². The number of anilines is 1. The smallest absolute Gasteiger partial charge is 0.339 e. The Morgan fingerprint density at radius 1 is 1.53 bits per heavy atom. The van der Waals surface area contributed by atoms with E-state index in [4.69, 9.17) is 21.4 Å². The Labute approximate surface area is 89.6 Å². The van der Waals surface area contributed by atoms with Gasteiger partial charge in [-0.2, -0.15) is 0 Å². The van der Waals surface area contributed by atoms with Crippen molar-refractivity contribution in [3.8, 4) is 5.75 Å². The molecule has 0 saturated carbocycles. The topological polar surface area (TPSA) is 75.6 Å². The fourth-order valence-corrected chi connectivity index (χ4v) is 1.54. The van der Waals surface area contributed by atoms with Crippen LogP contribution < -0.4 is 10.1 Å². The third-order valence-electron chi connectivity index (χ3n) is 1.91. The van der Waals surface area contributed by atoms with Gasteiger partial charge in [0.2, 0.25) is 0 Å². The molecule has 1 aliphatic heterocycles. The number of fused-ring (bicyclic) bond motifs is 1. The molecule has 0 atom stereocenters. The number of carboxylic acids is 1. The predicted octanol–water partition coefficient (Wildman–Crippen LogP) is 1.37. The number of ether oxygens (including phenoxy) is 1. The first-order chi connectivity index (χ1) is 7.08. The van der Waals surface area contributed by atoms with E-state index in [0.717, 1.165) is 0 Å². The molecular formula is C9H6ClNO4. The Morgan fingerprint density at radius 2 is 2.27 bits per heavy atom. The quantitative estimate of drug-likeness (QED) is 0.760. The van der Waals surface area contributed by atoms with Gasteiger partial charge in [0.15, 0.2) is 12.4 Å². The molecule has 1 amide bonds. The Bertz CT molecular complexity index is 458. The molecule has 0 aliphatic carbocycles. The van der Waals surface area contributed by atoms with Gasteiger partial charge in [0.05, 0.1) is 5.69 Å². The van der Waals surface area contributed by atoms with Crippen molar-refractivity contribution in [1.82, 2.24) is 0 Å². The van der Waals surface area contributed by atoms with Gasteiger partial charge in [0, 0.05) is 5.02 Å². The summed E-state index contributed by atoms with van der Waals surface area (Å²) in [6.07, 6.45) is 0. The second-order valence-electron chi connectivity index (χ2n) is 2.97. The lowest BCUT2D eigenvalue weighted by molar-refractivity contribution is -0.118. The Morgan fingerprint density at radius 3 is 2.93 bits per heavy atom. The minimum Gasteiger partial charge on any atom is -0.481 e. The van der Waals surface area contributed by atoms with Crippen LogP contribution in [0.15, 0.2) is 12.1 Å². The van der Waals surface area contributed by atoms with Crippen LogP contribution in [-0.4, -0.2) is 23.6 Å². The number of benzene rings is 1. The van der Waals surface area contributed by atoms with Gasteiger partial charge < -0.3 is 15.2 Å². The van der Waals surface area contributed by atoms with Crippen LogP contribution in [0.2, 0.25) is 5.02 Å². The molecule has 1 heterocycles. The average molecular weight is 228 g/mol. The summed E-state index contributed by atoms with van der Waals surface area (Å²) in [6.45, 7) is -0.186. The summed E-state index contributed by atoms with van der Waals surface area (Å²) in [5, 5.41) is 11.6. The summed E-state index contributed by atoms with van der Waals surface area (Å²) in [5.74, 6) is -1.34. The Hall–Kier alpha value is -1.75. The summed E-state index contributed by atoms with van der Waals surface area (Å²) in [5.41, 5.74) is 0.230. The number of halogens is 1. The van der Waals surface area contributed by atoms with Crippen LogP contribution in [0.1, 0.15) is 10.4 Å². The molecule has 1 aliphatic rings. The van der Waals surface area contributed by atoms with Crippen LogP contribution in [0, 0.1) is 0 Å². The van der Waals surface area contributed by atoms with Gasteiger partial charge in [-0.05, 0) is 12.1 Å². The van der Waals surface area contributed by atoms with Gasteiger partial charge in [-0.3, -0.25) is 4.79 Å². The molecule has 1 aromatic rings. The van der Waals surface area contributed by atoms with Crippen molar-refractivity contribution >= 4 is 29.2 Å². The van der Waals surface area contributed by atoms with Crippen LogP contribution in [0.5, 0.6) is 5.75 Å². The number of nitrogens with one attached hydrogen (secondary N) is 1. The molecule has 5 nitrogen and oxygen atoms in total. The second kappa shape index (κ2) is 3.43. The highest BCUT2D eigenvalue weighted by Gasteiger charge is 2.23. The number of carbonyl (C=O) groups excluding carboxylic acids is 1. The zero-order valence-corrected chi connectivity index (χ0v) is 8.17. The molecule has 0 saturated heterocycles. The lowest BCUT2D eigenvalue weighted by atomic mass is 10.1. The molecular weight excluding hydrogens is 222 g/mol. The van der Waals surface area contributed by atoms with E-state index < -0.39 is 5.97 Å². The molecule has 78 valence electrons. The molecule has 0 fully saturated rings. The number of hydrogen-bond donors (Lipinski definition) is 2. The molecule has 1 aromatic carbocycles. The van der Waals surface area contributed by atoms with Gasteiger partial charge in [-0.15, -0.1) is 0 Å². The molecule has 2 N–H and O–H groups in total. The minimum atomic E-state index is -1.15. The standard InChI is InChI=1S/C9H6ClNO4/c10-4-1-5(9(13)14)8-6(2-4)11-7(12)3-15-8/h1-2H,3H2,(H,11,12)(H,13,14). The molecule has 0 radical (unpaired) electrons. The highest BCUT2D eigenvalue weighted by Crippen LogP contribution is 2.34. The van der Waals surface area contributed by atoms with Crippen molar-refractivity contribution in [2.45, 2.75) is 0 Å². The monoisotopic (exact) mass is 227 g/mol. The maximum atomic E-state index is 11.0. The largest absolute Gasteiger partial charge is 0.481 e. The number of amides is 1. The summed E-state index contributed by atoms with van der Waals surface area (Å²) in [6, 6.07) is 2.72. The number of hydrogen-bond acceptors (Lipinski definition) is 3. The predicted molar refractivity (Wildman–Crippen MR) is 52.5 cm³/mol. The van der Waals surface area contributed by atoms with E-state index in [9.17, 15) is 9.59 Å². The highest BCUT2D eigenvalue weighted by atomic mass is 35.5. The fraction of sp³-hybridized carbons (Fsp3) is 0.111. The SMILES string of the molecule is O=C1COc2c(cc(Cl)cc2C(=O)O)N1. The number of aromatic carboxylic acids is 1. The van der Waals surface area contributed by atoms with E-state index in [1.165, 1.54) is 12.1 Å². The number of carbonyl (C=O) groups is 2. The van der Waals surface area contributed by atoms with Crippen molar-refractivity contribution in [1.29, 1.82) is 0 Å². The molecule has 0 bridgehead atoms. The molecule has 6 heteroatoms. The van der Waals surface area contributed by atoms with Crippen molar-refractivity contribution in [2.75, 3.05) is 11.9 Å². The lowest BCUT2D eigenvalue weighted by Crippen LogP contribution is -2.26.